The number of aliphatic carboxylic acids is 1. The van der Waals surface area contributed by atoms with Gasteiger partial charge in [-0.05, 0) is 75.9 Å². The molecule has 0 radical (unpaired) electrons. The first-order valence-corrected chi connectivity index (χ1v) is 30.0. The van der Waals surface area contributed by atoms with E-state index >= 15 is 0 Å². The zero-order valence-electron chi connectivity index (χ0n) is 49.5. The third-order valence-corrected chi connectivity index (χ3v) is 15.6. The molecule has 4 N–H and O–H groups in total. The Labute approximate surface area is 550 Å². The summed E-state index contributed by atoms with van der Waals surface area (Å²) in [4.78, 5) is 52.0. The van der Waals surface area contributed by atoms with Gasteiger partial charge in [-0.1, -0.05) is 73.5 Å². The number of amides is 2. The van der Waals surface area contributed by atoms with Gasteiger partial charge in [0.1, 0.15) is 10.8 Å². The molecule has 0 bridgehead atoms. The summed E-state index contributed by atoms with van der Waals surface area (Å²) in [5.74, 6) is -0.729. The maximum Gasteiger partial charge on any atom is 1.00 e. The first-order chi connectivity index (χ1) is 39.6. The smallest absolute Gasteiger partial charge is 0.487 e. The average Bonchev–Trinajstić information content (AvgIpc) is 2.22. The number of allylic oxidation sites excluding steroid dienone is 2. The maximum absolute atomic E-state index is 13.5. The summed E-state index contributed by atoms with van der Waals surface area (Å²) in [7, 11) is 0. The number of fused-ring (bicyclic) bond motifs is 2. The van der Waals surface area contributed by atoms with Crippen molar-refractivity contribution in [1.82, 2.24) is 10.6 Å². The van der Waals surface area contributed by atoms with Gasteiger partial charge in [0.25, 0.3) is 5.91 Å². The zero-order valence-corrected chi connectivity index (χ0v) is 55.7. The van der Waals surface area contributed by atoms with Gasteiger partial charge in [0, 0.05) is 68.6 Å². The molecule has 0 fully saturated rings. The molecule has 0 unspecified atom stereocenters. The maximum atomic E-state index is 13.5. The van der Waals surface area contributed by atoms with Crippen LogP contribution in [-0.4, -0.2) is 158 Å². The monoisotopic (exact) mass is 1250 g/mol. The number of nitrogens with zero attached hydrogens (tertiary/aromatic N) is 4. The molecule has 1 atom stereocenters. The van der Waals surface area contributed by atoms with E-state index in [4.69, 9.17) is 71.8 Å². The Morgan fingerprint density at radius 3 is 1.59 bits per heavy atom. The number of anilines is 2. The minimum atomic E-state index is -0.950. The summed E-state index contributed by atoms with van der Waals surface area (Å²) in [5.41, 5.74) is 9.18. The number of hydrogen-bond donors (Lipinski definition) is 4. The van der Waals surface area contributed by atoms with Crippen molar-refractivity contribution in [2.75, 3.05) is 122 Å². The van der Waals surface area contributed by atoms with Crippen LogP contribution >= 0.6 is 45.9 Å². The van der Waals surface area contributed by atoms with Crippen molar-refractivity contribution in [3.63, 3.8) is 0 Å². The van der Waals surface area contributed by atoms with Gasteiger partial charge in [0.15, 0.2) is 0 Å². The van der Waals surface area contributed by atoms with E-state index in [1.165, 1.54) is 28.7 Å². The van der Waals surface area contributed by atoms with E-state index in [0.29, 0.717) is 140 Å². The number of thiophene rings is 2. The Balaban J connectivity index is 0.000000470. The van der Waals surface area contributed by atoms with Crippen molar-refractivity contribution in [3.8, 4) is 0 Å². The molecule has 83 heavy (non-hydrogen) atoms. The quantitative estimate of drug-likeness (QED) is 0.0122. The minimum Gasteiger partial charge on any atom is -0.487 e. The molecular formula is C60H80Cl2KN7O11S2. The van der Waals surface area contributed by atoms with E-state index in [2.05, 4.69) is 42.4 Å². The van der Waals surface area contributed by atoms with Crippen LogP contribution in [-0.2, 0) is 42.7 Å². The van der Waals surface area contributed by atoms with Gasteiger partial charge in [-0.15, -0.1) is 22.7 Å². The summed E-state index contributed by atoms with van der Waals surface area (Å²) in [5, 5.41) is 26.9. The van der Waals surface area contributed by atoms with Gasteiger partial charge >= 0.3 is 57.4 Å². The predicted octanol–water partition coefficient (Wildman–Crippen LogP) is 7.64. The molecule has 2 aromatic heterocycles. The van der Waals surface area contributed by atoms with E-state index in [9.17, 15) is 19.5 Å². The standard InChI is InChI=1S/C40H58ClN4O11S.C20H22ClN3S.K/c1-5-7-34-33(28-35(47)48)44-37(31-8-10-32(41)11-9-31)36-29(3)38(57-40(36)45(34)6-2)39(49)43-13-15-51-17-19-53-21-23-55-25-27-56-26-24-54-22-20-52-18-16-50-14-12-42-30(4)46;1-5-6-17-11-23-19(15-7-9-16(21)10-8-15)18-12(2)13(3)25-20(18)24(17)14(4)22;/h6-11,33H,5,12-28H2,1-4H3,(H,42,46)(H,43,49)(H,47,48);6-10,22H,5,11H2,1-4H3;/q-1;;+1/b34-7+;17-6+,22-14?;/t33-;;/m0../s1. The number of carboxylic acids is 1. The van der Waals surface area contributed by atoms with Crippen LogP contribution in [0.4, 0.5) is 10.0 Å². The largest absolute Gasteiger partial charge is 1.00 e. The van der Waals surface area contributed by atoms with Crippen molar-refractivity contribution in [2.45, 2.75) is 80.7 Å². The predicted molar refractivity (Wildman–Crippen MR) is 330 cm³/mol. The molecule has 0 saturated carbocycles. The molecule has 0 aliphatic carbocycles. The Morgan fingerprint density at radius 2 is 1.14 bits per heavy atom. The summed E-state index contributed by atoms with van der Waals surface area (Å²) >= 11 is 15.3. The average molecular weight is 1250 g/mol. The van der Waals surface area contributed by atoms with Crippen LogP contribution in [0.15, 0.2) is 82.1 Å². The molecule has 2 amide bonds. The normalized spacial score (nSPS) is 14.8. The first kappa shape index (κ1) is 71.8. The van der Waals surface area contributed by atoms with Crippen LogP contribution in [0.5, 0.6) is 0 Å². The number of carbonyl (C=O) groups excluding carboxylic acids is 2. The Kier molecular flexibility index (Phi) is 33.8. The van der Waals surface area contributed by atoms with Crippen molar-refractivity contribution in [3.05, 3.63) is 132 Å². The van der Waals surface area contributed by atoms with Crippen LogP contribution in [0, 0.1) is 32.7 Å². The molecular weight excluding hydrogens is 1170 g/mol. The summed E-state index contributed by atoms with van der Waals surface area (Å²) < 4.78 is 38.5. The SMILES string of the molecule is CC/C=C1\CN=C(c2ccc(Cl)cc2)c2c(sc(C)c2C)N1C(C)=N.C[CH-]N1/C(=C/CC)[C@H](CC(=O)O)N=C(c2ccc(Cl)cc2)c2c1sc(C(=O)NCCOCCOCCOCCOCCOCCOCCOCCNC(C)=O)c2C.[K+]. The summed E-state index contributed by atoms with van der Waals surface area (Å²) in [6, 6.07) is 14.5. The molecule has 0 saturated heterocycles. The van der Waals surface area contributed by atoms with Crippen molar-refractivity contribution in [1.29, 1.82) is 5.41 Å². The van der Waals surface area contributed by atoms with Crippen LogP contribution in [0.3, 0.4) is 0 Å². The Hall–Kier alpha value is -3.72. The molecule has 0 spiro atoms. The summed E-state index contributed by atoms with van der Waals surface area (Å²) in [6.07, 6.45) is 5.58. The van der Waals surface area contributed by atoms with Gasteiger partial charge in [-0.3, -0.25) is 34.7 Å². The molecule has 18 nitrogen and oxygen atoms in total. The molecule has 23 heteroatoms. The van der Waals surface area contributed by atoms with Crippen LogP contribution < -0.4 is 71.8 Å². The second-order valence-electron chi connectivity index (χ2n) is 18.7. The number of rotatable bonds is 32. The van der Waals surface area contributed by atoms with E-state index in [0.717, 1.165) is 66.4 Å². The first-order valence-electron chi connectivity index (χ1n) is 27.6. The Bertz CT molecular complexity index is 2830. The van der Waals surface area contributed by atoms with Crippen LogP contribution in [0.25, 0.3) is 0 Å². The molecule has 6 rings (SSSR count). The van der Waals surface area contributed by atoms with Gasteiger partial charge < -0.3 is 53.8 Å². The fourth-order valence-corrected chi connectivity index (χ4v) is 11.5. The molecule has 4 heterocycles. The van der Waals surface area contributed by atoms with E-state index in [-0.39, 0.29) is 69.6 Å². The van der Waals surface area contributed by atoms with E-state index in [1.807, 2.05) is 81.6 Å². The number of nitrogens with one attached hydrogen (secondary N) is 3. The third-order valence-electron chi connectivity index (χ3n) is 12.6. The fourth-order valence-electron chi connectivity index (χ4n) is 8.71. The number of carboxylic acid groups (broad SMARTS) is 1. The van der Waals surface area contributed by atoms with Gasteiger partial charge in [0.05, 0.1) is 133 Å². The fraction of sp³-hybridized carbons (Fsp3) is 0.483. The molecule has 2 aliphatic heterocycles. The number of ether oxygens (including phenoxy) is 7. The van der Waals surface area contributed by atoms with Gasteiger partial charge in [-0.25, -0.2) is 6.54 Å². The second kappa shape index (κ2) is 39.1. The summed E-state index contributed by atoms with van der Waals surface area (Å²) in [6.45, 7) is 24.8. The van der Waals surface area contributed by atoms with Crippen molar-refractivity contribution < 1.29 is 104 Å². The number of carbonyl (C=O) groups is 3. The molecule has 2 aliphatic rings. The van der Waals surface area contributed by atoms with Gasteiger partial charge in [0.2, 0.25) is 5.91 Å². The molecule has 2 aromatic carbocycles. The third kappa shape index (κ3) is 22.8. The van der Waals surface area contributed by atoms with Crippen LogP contribution in [0.1, 0.15) is 102 Å². The van der Waals surface area contributed by atoms with Gasteiger partial charge in [-0.2, -0.15) is 6.92 Å². The van der Waals surface area contributed by atoms with Crippen molar-refractivity contribution in [2.24, 2.45) is 9.98 Å². The number of amidine groups is 1. The zero-order chi connectivity index (χ0) is 59.4. The molecule has 4 aromatic rings. The van der Waals surface area contributed by atoms with E-state index in [1.54, 1.807) is 23.5 Å². The Morgan fingerprint density at radius 1 is 0.687 bits per heavy atom. The number of benzene rings is 2. The van der Waals surface area contributed by atoms with Crippen LogP contribution in [0.2, 0.25) is 10.0 Å². The number of hydrogen-bond acceptors (Lipinski definition) is 16. The number of aliphatic imine (C=N–C) groups is 2. The second-order valence-corrected chi connectivity index (χ2v) is 21.8. The molecule has 448 valence electrons. The number of aryl methyl sites for hydroxylation is 1. The van der Waals surface area contributed by atoms with E-state index < -0.39 is 12.0 Å². The topological polar surface area (TPSA) is 215 Å². The van der Waals surface area contributed by atoms with Crippen molar-refractivity contribution >= 4 is 90.9 Å². The minimum absolute atomic E-state index is 0. The number of halogens is 2.